The molecule has 27 heavy (non-hydrogen) atoms. The molecule has 3 rings (SSSR count). The molecule has 0 aromatic carbocycles. The standard InChI is InChI=1S/C17H14ClN5O3S/c1-9-12(27-16(22-9)14-20-7-4-8-21-14)17(25)26-10(2)15(24)23-11-5-3-6-19-13(11)18/h3-8,10H,1-2H3,(H,23,24). The van der Waals surface area contributed by atoms with Crippen molar-refractivity contribution in [2.45, 2.75) is 20.0 Å². The van der Waals surface area contributed by atoms with Crippen LogP contribution >= 0.6 is 22.9 Å². The lowest BCUT2D eigenvalue weighted by molar-refractivity contribution is -0.123. The monoisotopic (exact) mass is 403 g/mol. The minimum atomic E-state index is -1.04. The summed E-state index contributed by atoms with van der Waals surface area (Å²) in [6.45, 7) is 3.15. The van der Waals surface area contributed by atoms with Crippen molar-refractivity contribution < 1.29 is 14.3 Å². The quantitative estimate of drug-likeness (QED) is 0.515. The maximum atomic E-state index is 12.4. The maximum Gasteiger partial charge on any atom is 0.351 e. The SMILES string of the molecule is Cc1nc(-c2ncccn2)sc1C(=O)OC(C)C(=O)Nc1cccnc1Cl. The summed E-state index contributed by atoms with van der Waals surface area (Å²) in [5.74, 6) is -0.749. The molecule has 0 radical (unpaired) electrons. The predicted molar refractivity (Wildman–Crippen MR) is 101 cm³/mol. The van der Waals surface area contributed by atoms with Gasteiger partial charge in [-0.05, 0) is 32.0 Å². The smallest absolute Gasteiger partial charge is 0.351 e. The number of anilines is 1. The van der Waals surface area contributed by atoms with Crippen LogP contribution in [0, 0.1) is 6.92 Å². The number of amides is 1. The van der Waals surface area contributed by atoms with E-state index in [-0.39, 0.29) is 10.0 Å². The summed E-state index contributed by atoms with van der Waals surface area (Å²) in [7, 11) is 0. The molecule has 0 aliphatic carbocycles. The lowest BCUT2D eigenvalue weighted by Gasteiger charge is -2.13. The van der Waals surface area contributed by atoms with Crippen LogP contribution in [0.4, 0.5) is 5.69 Å². The van der Waals surface area contributed by atoms with Gasteiger partial charge in [-0.2, -0.15) is 0 Å². The number of hydrogen-bond donors (Lipinski definition) is 1. The highest BCUT2D eigenvalue weighted by atomic mass is 35.5. The number of pyridine rings is 1. The molecule has 3 aromatic heterocycles. The van der Waals surface area contributed by atoms with Crippen molar-refractivity contribution >= 4 is 40.5 Å². The minimum absolute atomic E-state index is 0.148. The predicted octanol–water partition coefficient (Wildman–Crippen LogP) is 3.14. The van der Waals surface area contributed by atoms with Gasteiger partial charge in [0.1, 0.15) is 4.88 Å². The van der Waals surface area contributed by atoms with Crippen LogP contribution in [0.2, 0.25) is 5.15 Å². The van der Waals surface area contributed by atoms with Gasteiger partial charge in [0.15, 0.2) is 22.1 Å². The molecule has 0 aliphatic heterocycles. The number of nitrogens with one attached hydrogen (secondary N) is 1. The number of ether oxygens (including phenoxy) is 1. The summed E-state index contributed by atoms with van der Waals surface area (Å²) >= 11 is 7.01. The van der Waals surface area contributed by atoms with E-state index in [9.17, 15) is 9.59 Å². The summed E-state index contributed by atoms with van der Waals surface area (Å²) < 4.78 is 5.26. The lowest BCUT2D eigenvalue weighted by Crippen LogP contribution is -2.30. The summed E-state index contributed by atoms with van der Waals surface area (Å²) in [6, 6.07) is 4.92. The Morgan fingerprint density at radius 3 is 2.59 bits per heavy atom. The van der Waals surface area contributed by atoms with Crippen molar-refractivity contribution in [1.82, 2.24) is 19.9 Å². The van der Waals surface area contributed by atoms with E-state index in [0.717, 1.165) is 11.3 Å². The van der Waals surface area contributed by atoms with Gasteiger partial charge in [0, 0.05) is 18.6 Å². The van der Waals surface area contributed by atoms with E-state index in [1.807, 2.05) is 0 Å². The number of thiazole rings is 1. The zero-order valence-electron chi connectivity index (χ0n) is 14.3. The number of carbonyl (C=O) groups is 2. The van der Waals surface area contributed by atoms with Crippen LogP contribution in [-0.4, -0.2) is 37.9 Å². The van der Waals surface area contributed by atoms with Crippen molar-refractivity contribution in [2.75, 3.05) is 5.32 Å². The van der Waals surface area contributed by atoms with Crippen molar-refractivity contribution in [3.05, 3.63) is 52.5 Å². The van der Waals surface area contributed by atoms with Gasteiger partial charge in [0.05, 0.1) is 11.4 Å². The highest BCUT2D eigenvalue weighted by molar-refractivity contribution is 7.16. The molecule has 0 spiro atoms. The fourth-order valence-corrected chi connectivity index (χ4v) is 3.14. The third-order valence-electron chi connectivity index (χ3n) is 3.41. The van der Waals surface area contributed by atoms with Gasteiger partial charge < -0.3 is 10.1 Å². The first-order valence-electron chi connectivity index (χ1n) is 7.83. The molecule has 1 N–H and O–H groups in total. The summed E-state index contributed by atoms with van der Waals surface area (Å²) in [6.07, 6.45) is 3.65. The minimum Gasteiger partial charge on any atom is -0.448 e. The van der Waals surface area contributed by atoms with Crippen LogP contribution in [0.3, 0.4) is 0 Å². The third kappa shape index (κ3) is 4.44. The third-order valence-corrected chi connectivity index (χ3v) is 4.84. The van der Waals surface area contributed by atoms with Gasteiger partial charge >= 0.3 is 5.97 Å². The first-order chi connectivity index (χ1) is 13.0. The highest BCUT2D eigenvalue weighted by Gasteiger charge is 2.24. The molecule has 0 fully saturated rings. The Morgan fingerprint density at radius 1 is 1.19 bits per heavy atom. The van der Waals surface area contributed by atoms with Gasteiger partial charge in [-0.1, -0.05) is 11.6 Å². The summed E-state index contributed by atoms with van der Waals surface area (Å²) in [4.78, 5) is 41.3. The van der Waals surface area contributed by atoms with E-state index in [1.54, 1.807) is 37.5 Å². The van der Waals surface area contributed by atoms with E-state index in [2.05, 4.69) is 25.3 Å². The number of esters is 1. The maximum absolute atomic E-state index is 12.4. The van der Waals surface area contributed by atoms with Crippen LogP contribution in [0.5, 0.6) is 0 Å². The fourth-order valence-electron chi connectivity index (χ4n) is 2.07. The molecule has 1 atom stereocenters. The zero-order chi connectivity index (χ0) is 19.4. The number of rotatable bonds is 5. The van der Waals surface area contributed by atoms with Crippen LogP contribution in [0.15, 0.2) is 36.8 Å². The first-order valence-corrected chi connectivity index (χ1v) is 9.02. The largest absolute Gasteiger partial charge is 0.448 e. The van der Waals surface area contributed by atoms with Crippen molar-refractivity contribution in [1.29, 1.82) is 0 Å². The second-order valence-electron chi connectivity index (χ2n) is 5.38. The van der Waals surface area contributed by atoms with Crippen molar-refractivity contribution in [3.8, 4) is 10.8 Å². The Hall–Kier alpha value is -2.91. The second-order valence-corrected chi connectivity index (χ2v) is 6.74. The number of carbonyl (C=O) groups excluding carboxylic acids is 2. The van der Waals surface area contributed by atoms with Crippen LogP contribution in [0.1, 0.15) is 22.3 Å². The summed E-state index contributed by atoms with van der Waals surface area (Å²) in [5.41, 5.74) is 0.819. The molecule has 0 saturated carbocycles. The first kappa shape index (κ1) is 18.9. The normalized spacial score (nSPS) is 11.7. The van der Waals surface area contributed by atoms with E-state index >= 15 is 0 Å². The molecular formula is C17H14ClN5O3S. The Balaban J connectivity index is 1.69. The molecule has 0 saturated heterocycles. The molecule has 1 amide bonds. The zero-order valence-corrected chi connectivity index (χ0v) is 15.9. The fraction of sp³-hybridized carbons (Fsp3) is 0.176. The number of hydrogen-bond acceptors (Lipinski definition) is 8. The number of aryl methyl sites for hydroxylation is 1. The molecule has 1 unspecified atom stereocenters. The van der Waals surface area contributed by atoms with Crippen molar-refractivity contribution in [2.24, 2.45) is 0 Å². The van der Waals surface area contributed by atoms with Gasteiger partial charge in [0.2, 0.25) is 0 Å². The summed E-state index contributed by atoms with van der Waals surface area (Å²) in [5, 5.41) is 3.22. The molecule has 10 heteroatoms. The Labute approximate surface area is 163 Å². The van der Waals surface area contributed by atoms with Gasteiger partial charge in [-0.3, -0.25) is 4.79 Å². The average Bonchev–Trinajstić information content (AvgIpc) is 3.06. The van der Waals surface area contributed by atoms with E-state index in [0.29, 0.717) is 22.2 Å². The second kappa shape index (κ2) is 8.19. The van der Waals surface area contributed by atoms with Crippen molar-refractivity contribution in [3.63, 3.8) is 0 Å². The molecule has 3 aromatic rings. The average molecular weight is 404 g/mol. The van der Waals surface area contributed by atoms with Gasteiger partial charge in [0.25, 0.3) is 5.91 Å². The van der Waals surface area contributed by atoms with E-state index < -0.39 is 18.0 Å². The molecule has 3 heterocycles. The number of halogens is 1. The number of nitrogens with zero attached hydrogens (tertiary/aromatic N) is 4. The molecule has 0 bridgehead atoms. The lowest BCUT2D eigenvalue weighted by atomic mass is 10.3. The molecule has 8 nitrogen and oxygen atoms in total. The molecule has 138 valence electrons. The number of aromatic nitrogens is 4. The molecular weight excluding hydrogens is 390 g/mol. The van der Waals surface area contributed by atoms with E-state index in [1.165, 1.54) is 13.1 Å². The molecule has 0 aliphatic rings. The van der Waals surface area contributed by atoms with Crippen LogP contribution in [-0.2, 0) is 9.53 Å². The Bertz CT molecular complexity index is 980. The van der Waals surface area contributed by atoms with Crippen LogP contribution in [0.25, 0.3) is 10.8 Å². The van der Waals surface area contributed by atoms with Crippen LogP contribution < -0.4 is 5.32 Å². The topological polar surface area (TPSA) is 107 Å². The highest BCUT2D eigenvalue weighted by Crippen LogP contribution is 2.26. The van der Waals surface area contributed by atoms with Gasteiger partial charge in [-0.25, -0.2) is 24.7 Å². The van der Waals surface area contributed by atoms with Gasteiger partial charge in [-0.15, -0.1) is 11.3 Å². The van der Waals surface area contributed by atoms with E-state index in [4.69, 9.17) is 16.3 Å². The Morgan fingerprint density at radius 2 is 1.89 bits per heavy atom. The Kier molecular flexibility index (Phi) is 5.72.